The lowest BCUT2D eigenvalue weighted by atomic mass is 10.1. The molecule has 0 unspecified atom stereocenters. The SMILES string of the molecule is CC(=O)Nc1nc2ccc(NC(=O)c3ccc4c(c3)C(=O)N(C)C4=O)cc2s1. The summed E-state index contributed by atoms with van der Waals surface area (Å²) >= 11 is 1.30. The molecular formula is C19H14N4O4S. The van der Waals surface area contributed by atoms with Crippen molar-refractivity contribution in [2.45, 2.75) is 6.92 Å². The number of thiazole rings is 1. The predicted molar refractivity (Wildman–Crippen MR) is 105 cm³/mol. The van der Waals surface area contributed by atoms with Crippen molar-refractivity contribution in [2.24, 2.45) is 0 Å². The number of aromatic nitrogens is 1. The highest BCUT2D eigenvalue weighted by atomic mass is 32.1. The molecule has 0 saturated heterocycles. The Kier molecular flexibility index (Phi) is 4.16. The monoisotopic (exact) mass is 394 g/mol. The van der Waals surface area contributed by atoms with Crippen LogP contribution in [0.5, 0.6) is 0 Å². The Bertz CT molecular complexity index is 1180. The van der Waals surface area contributed by atoms with E-state index in [2.05, 4.69) is 15.6 Å². The molecule has 2 heterocycles. The fourth-order valence-corrected chi connectivity index (χ4v) is 3.86. The van der Waals surface area contributed by atoms with E-state index >= 15 is 0 Å². The van der Waals surface area contributed by atoms with Gasteiger partial charge in [-0.1, -0.05) is 11.3 Å². The van der Waals surface area contributed by atoms with E-state index in [-0.39, 0.29) is 22.9 Å². The highest BCUT2D eigenvalue weighted by Crippen LogP contribution is 2.29. The zero-order chi connectivity index (χ0) is 20.0. The molecule has 1 aliphatic rings. The Labute approximate surface area is 163 Å². The third-order valence-corrected chi connectivity index (χ3v) is 5.21. The lowest BCUT2D eigenvalue weighted by molar-refractivity contribution is -0.114. The molecular weight excluding hydrogens is 380 g/mol. The highest BCUT2D eigenvalue weighted by molar-refractivity contribution is 7.22. The fraction of sp³-hybridized carbons (Fsp3) is 0.105. The number of rotatable bonds is 3. The van der Waals surface area contributed by atoms with Gasteiger partial charge in [0.05, 0.1) is 21.3 Å². The van der Waals surface area contributed by atoms with E-state index in [0.717, 1.165) is 9.60 Å². The predicted octanol–water partition coefficient (Wildman–Crippen LogP) is 2.73. The van der Waals surface area contributed by atoms with E-state index < -0.39 is 11.8 Å². The van der Waals surface area contributed by atoms with Crippen molar-refractivity contribution in [3.8, 4) is 0 Å². The first-order valence-corrected chi connectivity index (χ1v) is 9.11. The minimum absolute atomic E-state index is 0.206. The largest absolute Gasteiger partial charge is 0.322 e. The number of fused-ring (bicyclic) bond motifs is 2. The van der Waals surface area contributed by atoms with Gasteiger partial charge in [0.2, 0.25) is 5.91 Å². The number of benzene rings is 2. The van der Waals surface area contributed by atoms with Gasteiger partial charge in [0.15, 0.2) is 5.13 Å². The molecule has 4 rings (SSSR count). The lowest BCUT2D eigenvalue weighted by Crippen LogP contribution is -2.24. The lowest BCUT2D eigenvalue weighted by Gasteiger charge is -2.06. The number of nitrogens with zero attached hydrogens (tertiary/aromatic N) is 2. The summed E-state index contributed by atoms with van der Waals surface area (Å²) < 4.78 is 0.804. The number of carbonyl (C=O) groups is 4. The first-order valence-electron chi connectivity index (χ1n) is 8.29. The molecule has 1 aromatic heterocycles. The molecule has 0 bridgehead atoms. The van der Waals surface area contributed by atoms with E-state index in [1.165, 1.54) is 43.5 Å². The van der Waals surface area contributed by atoms with Gasteiger partial charge in [-0.05, 0) is 36.4 Å². The average molecular weight is 394 g/mol. The number of nitrogens with one attached hydrogen (secondary N) is 2. The van der Waals surface area contributed by atoms with E-state index in [4.69, 9.17) is 0 Å². The van der Waals surface area contributed by atoms with Crippen LogP contribution in [0.1, 0.15) is 38.0 Å². The fourth-order valence-electron chi connectivity index (χ4n) is 2.91. The normalized spacial score (nSPS) is 13.0. The van der Waals surface area contributed by atoms with Gasteiger partial charge >= 0.3 is 0 Å². The number of amides is 4. The van der Waals surface area contributed by atoms with Crippen molar-refractivity contribution in [1.29, 1.82) is 0 Å². The minimum atomic E-state index is -0.425. The zero-order valence-electron chi connectivity index (χ0n) is 14.9. The molecule has 28 heavy (non-hydrogen) atoms. The molecule has 2 aromatic carbocycles. The van der Waals surface area contributed by atoms with Crippen molar-refractivity contribution in [2.75, 3.05) is 17.7 Å². The molecule has 0 aliphatic carbocycles. The van der Waals surface area contributed by atoms with Crippen LogP contribution in [-0.2, 0) is 4.79 Å². The van der Waals surface area contributed by atoms with E-state index in [9.17, 15) is 19.2 Å². The molecule has 4 amide bonds. The second-order valence-electron chi connectivity index (χ2n) is 6.27. The Morgan fingerprint density at radius 1 is 1.00 bits per heavy atom. The molecule has 0 fully saturated rings. The highest BCUT2D eigenvalue weighted by Gasteiger charge is 2.33. The Morgan fingerprint density at radius 3 is 2.50 bits per heavy atom. The van der Waals surface area contributed by atoms with Gasteiger partial charge in [0.1, 0.15) is 0 Å². The van der Waals surface area contributed by atoms with Crippen LogP contribution in [0.3, 0.4) is 0 Å². The van der Waals surface area contributed by atoms with Gasteiger partial charge in [-0.3, -0.25) is 24.1 Å². The standard InChI is InChI=1S/C19H14N4O4S/c1-9(24)20-19-22-14-6-4-11(8-15(14)28-19)21-16(25)10-3-5-12-13(7-10)18(27)23(2)17(12)26/h3-8H,1-2H3,(H,21,25)(H,20,22,24). The molecule has 9 heteroatoms. The minimum Gasteiger partial charge on any atom is -0.322 e. The third kappa shape index (κ3) is 3.01. The first-order chi connectivity index (χ1) is 13.3. The summed E-state index contributed by atoms with van der Waals surface area (Å²) in [6.07, 6.45) is 0. The molecule has 0 radical (unpaired) electrons. The van der Waals surface area contributed by atoms with Gasteiger partial charge in [-0.15, -0.1) is 0 Å². The maximum Gasteiger partial charge on any atom is 0.261 e. The molecule has 0 spiro atoms. The van der Waals surface area contributed by atoms with E-state index in [1.807, 2.05) is 0 Å². The molecule has 3 aromatic rings. The Balaban J connectivity index is 1.58. The van der Waals surface area contributed by atoms with Crippen LogP contribution in [0.4, 0.5) is 10.8 Å². The van der Waals surface area contributed by atoms with Crippen molar-refractivity contribution < 1.29 is 19.2 Å². The molecule has 8 nitrogen and oxygen atoms in total. The quantitative estimate of drug-likeness (QED) is 0.664. The van der Waals surface area contributed by atoms with Crippen LogP contribution in [0.15, 0.2) is 36.4 Å². The van der Waals surface area contributed by atoms with Crippen LogP contribution in [0, 0.1) is 0 Å². The smallest absolute Gasteiger partial charge is 0.261 e. The average Bonchev–Trinajstić information content (AvgIpc) is 3.14. The molecule has 2 N–H and O–H groups in total. The van der Waals surface area contributed by atoms with Crippen molar-refractivity contribution >= 4 is 56.0 Å². The maximum atomic E-state index is 12.6. The summed E-state index contributed by atoms with van der Waals surface area (Å²) in [6, 6.07) is 9.62. The van der Waals surface area contributed by atoms with Crippen LogP contribution >= 0.6 is 11.3 Å². The maximum absolute atomic E-state index is 12.6. The zero-order valence-corrected chi connectivity index (χ0v) is 15.7. The Morgan fingerprint density at radius 2 is 1.75 bits per heavy atom. The van der Waals surface area contributed by atoms with E-state index in [1.54, 1.807) is 18.2 Å². The Hall–Kier alpha value is -3.59. The van der Waals surface area contributed by atoms with Crippen LogP contribution in [0.2, 0.25) is 0 Å². The van der Waals surface area contributed by atoms with Gasteiger partial charge in [-0.2, -0.15) is 0 Å². The van der Waals surface area contributed by atoms with Crippen molar-refractivity contribution in [1.82, 2.24) is 9.88 Å². The summed E-state index contributed by atoms with van der Waals surface area (Å²) in [7, 11) is 1.41. The molecule has 0 atom stereocenters. The molecule has 140 valence electrons. The number of imide groups is 1. The van der Waals surface area contributed by atoms with Crippen LogP contribution in [-0.4, -0.2) is 40.6 Å². The summed E-state index contributed by atoms with van der Waals surface area (Å²) in [5, 5.41) is 5.89. The molecule has 1 aliphatic heterocycles. The summed E-state index contributed by atoms with van der Waals surface area (Å²) in [5.74, 6) is -1.41. The van der Waals surface area contributed by atoms with Gasteiger partial charge < -0.3 is 10.6 Å². The van der Waals surface area contributed by atoms with Crippen LogP contribution < -0.4 is 10.6 Å². The second kappa shape index (κ2) is 6.54. The summed E-state index contributed by atoms with van der Waals surface area (Å²) in [6.45, 7) is 1.41. The number of hydrogen-bond acceptors (Lipinski definition) is 6. The van der Waals surface area contributed by atoms with Crippen molar-refractivity contribution in [3.63, 3.8) is 0 Å². The summed E-state index contributed by atoms with van der Waals surface area (Å²) in [4.78, 5) is 53.1. The van der Waals surface area contributed by atoms with Crippen molar-refractivity contribution in [3.05, 3.63) is 53.1 Å². The van der Waals surface area contributed by atoms with Gasteiger partial charge in [-0.25, -0.2) is 4.98 Å². The summed E-state index contributed by atoms with van der Waals surface area (Å²) in [5.41, 5.74) is 2.05. The topological polar surface area (TPSA) is 108 Å². The van der Waals surface area contributed by atoms with Gasteiger partial charge in [0.25, 0.3) is 17.7 Å². The second-order valence-corrected chi connectivity index (χ2v) is 7.30. The number of hydrogen-bond donors (Lipinski definition) is 2. The molecule has 0 saturated carbocycles. The number of anilines is 2. The van der Waals surface area contributed by atoms with Gasteiger partial charge in [0, 0.05) is 25.2 Å². The van der Waals surface area contributed by atoms with E-state index in [0.29, 0.717) is 21.9 Å². The first kappa shape index (κ1) is 17.8. The van der Waals surface area contributed by atoms with Crippen LogP contribution in [0.25, 0.3) is 10.2 Å². The number of carbonyl (C=O) groups excluding carboxylic acids is 4. The third-order valence-electron chi connectivity index (χ3n) is 4.28.